The predicted octanol–water partition coefficient (Wildman–Crippen LogP) is 9.08. The highest BCUT2D eigenvalue weighted by Crippen LogP contribution is 2.44. The summed E-state index contributed by atoms with van der Waals surface area (Å²) in [7, 11) is 0. The van der Waals surface area contributed by atoms with Gasteiger partial charge in [0.05, 0.1) is 23.2 Å². The molecule has 0 aliphatic carbocycles. The van der Waals surface area contributed by atoms with Crippen molar-refractivity contribution in [2.24, 2.45) is 5.92 Å². The van der Waals surface area contributed by atoms with Gasteiger partial charge in [-0.2, -0.15) is 0 Å². The van der Waals surface area contributed by atoms with E-state index in [1.165, 1.54) is 6.39 Å². The average molecular weight is 610 g/mol. The fourth-order valence-corrected chi connectivity index (χ4v) is 6.86. The molecule has 6 heteroatoms. The first-order chi connectivity index (χ1) is 21.9. The maximum Gasteiger partial charge on any atom is 0.181 e. The SMILES string of the molecule is CC(C)C(O)(c1ccc2c(Cl)c(-c3cnco3)ccc2c1)c1cn(C(c2ccccc2)(c2ccccc2)c2ccccc2)cn1. The van der Waals surface area contributed by atoms with Crippen LogP contribution in [0, 0.1) is 5.92 Å². The number of halogens is 1. The summed E-state index contributed by atoms with van der Waals surface area (Å²) in [4.78, 5) is 8.97. The first-order valence-electron chi connectivity index (χ1n) is 15.0. The fourth-order valence-electron chi connectivity index (χ4n) is 6.53. The smallest absolute Gasteiger partial charge is 0.181 e. The highest BCUT2D eigenvalue weighted by Gasteiger charge is 2.42. The molecule has 0 saturated carbocycles. The fraction of sp³-hybridized carbons (Fsp3) is 0.128. The zero-order chi connectivity index (χ0) is 31.0. The van der Waals surface area contributed by atoms with Gasteiger partial charge in [0, 0.05) is 17.1 Å². The molecule has 1 atom stereocenters. The maximum atomic E-state index is 12.6. The largest absolute Gasteiger partial charge is 0.443 e. The van der Waals surface area contributed by atoms with Crippen molar-refractivity contribution in [1.82, 2.24) is 14.5 Å². The molecule has 7 aromatic rings. The van der Waals surface area contributed by atoms with Crippen LogP contribution in [0.5, 0.6) is 0 Å². The van der Waals surface area contributed by atoms with Gasteiger partial charge < -0.3 is 14.1 Å². The van der Waals surface area contributed by atoms with Crippen LogP contribution in [-0.2, 0) is 11.1 Å². The van der Waals surface area contributed by atoms with E-state index in [9.17, 15) is 5.11 Å². The van der Waals surface area contributed by atoms with Crippen LogP contribution in [0.25, 0.3) is 22.1 Å². The van der Waals surface area contributed by atoms with Crippen molar-refractivity contribution in [2.75, 3.05) is 0 Å². The number of fused-ring (bicyclic) bond motifs is 1. The minimum atomic E-state index is -1.38. The molecule has 2 aromatic heterocycles. The molecule has 1 unspecified atom stereocenters. The monoisotopic (exact) mass is 609 g/mol. The summed E-state index contributed by atoms with van der Waals surface area (Å²) in [5, 5.41) is 15.0. The van der Waals surface area contributed by atoms with Crippen molar-refractivity contribution >= 4 is 22.4 Å². The number of aliphatic hydroxyl groups is 1. The van der Waals surface area contributed by atoms with Crippen LogP contribution >= 0.6 is 11.6 Å². The molecule has 45 heavy (non-hydrogen) atoms. The molecule has 7 rings (SSSR count). The van der Waals surface area contributed by atoms with Crippen LogP contribution in [0.4, 0.5) is 0 Å². The van der Waals surface area contributed by atoms with Gasteiger partial charge in [0.25, 0.3) is 0 Å². The van der Waals surface area contributed by atoms with Crippen LogP contribution in [0.3, 0.4) is 0 Å². The summed E-state index contributed by atoms with van der Waals surface area (Å²) in [6, 6.07) is 41.2. The van der Waals surface area contributed by atoms with E-state index in [-0.39, 0.29) is 5.92 Å². The van der Waals surface area contributed by atoms with Crippen LogP contribution in [-0.4, -0.2) is 19.6 Å². The molecule has 0 saturated heterocycles. The van der Waals surface area contributed by atoms with Gasteiger partial charge in [0.2, 0.25) is 0 Å². The van der Waals surface area contributed by atoms with Crippen molar-refractivity contribution in [3.63, 3.8) is 0 Å². The number of imidazole rings is 1. The average Bonchev–Trinajstić information content (AvgIpc) is 3.80. The van der Waals surface area contributed by atoms with E-state index in [1.54, 1.807) is 6.20 Å². The lowest BCUT2D eigenvalue weighted by Gasteiger charge is -2.37. The van der Waals surface area contributed by atoms with Crippen LogP contribution in [0.2, 0.25) is 5.02 Å². The van der Waals surface area contributed by atoms with Gasteiger partial charge in [0.1, 0.15) is 11.1 Å². The number of nitrogens with zero attached hydrogens (tertiary/aromatic N) is 3. The van der Waals surface area contributed by atoms with Crippen LogP contribution in [0.1, 0.15) is 41.8 Å². The second-order valence-electron chi connectivity index (χ2n) is 11.6. The normalized spacial score (nSPS) is 13.3. The Hall–Kier alpha value is -4.97. The van der Waals surface area contributed by atoms with E-state index in [2.05, 4.69) is 82.3 Å². The number of aromatic nitrogens is 3. The first kappa shape index (κ1) is 28.8. The Morgan fingerprint density at radius 3 is 1.89 bits per heavy atom. The minimum absolute atomic E-state index is 0.193. The van der Waals surface area contributed by atoms with Gasteiger partial charge in [-0.05, 0) is 45.7 Å². The lowest BCUT2D eigenvalue weighted by molar-refractivity contribution is 0.0279. The Morgan fingerprint density at radius 1 is 0.756 bits per heavy atom. The molecule has 0 amide bonds. The molecule has 0 spiro atoms. The van der Waals surface area contributed by atoms with Gasteiger partial charge in [-0.25, -0.2) is 9.97 Å². The van der Waals surface area contributed by atoms with E-state index in [4.69, 9.17) is 21.0 Å². The van der Waals surface area contributed by atoms with E-state index in [0.717, 1.165) is 38.6 Å². The second kappa shape index (κ2) is 11.5. The number of rotatable bonds is 8. The highest BCUT2D eigenvalue weighted by molar-refractivity contribution is 6.38. The summed E-state index contributed by atoms with van der Waals surface area (Å²) >= 11 is 6.84. The van der Waals surface area contributed by atoms with E-state index in [0.29, 0.717) is 16.5 Å². The Labute approximate surface area is 267 Å². The van der Waals surface area contributed by atoms with E-state index >= 15 is 0 Å². The molecular formula is C39H32ClN3O2. The lowest BCUT2D eigenvalue weighted by Crippen LogP contribution is -2.37. The lowest BCUT2D eigenvalue weighted by atomic mass is 9.76. The summed E-state index contributed by atoms with van der Waals surface area (Å²) in [6.45, 7) is 4.03. The maximum absolute atomic E-state index is 12.6. The second-order valence-corrected chi connectivity index (χ2v) is 12.0. The van der Waals surface area contributed by atoms with Gasteiger partial charge in [-0.1, -0.05) is 135 Å². The van der Waals surface area contributed by atoms with E-state index < -0.39 is 11.1 Å². The summed E-state index contributed by atoms with van der Waals surface area (Å²) in [5.41, 5.74) is 3.21. The minimum Gasteiger partial charge on any atom is -0.443 e. The Kier molecular flexibility index (Phi) is 7.36. The quantitative estimate of drug-likeness (QED) is 0.175. The molecule has 1 N–H and O–H groups in total. The Bertz CT molecular complexity index is 1960. The zero-order valence-electron chi connectivity index (χ0n) is 25.0. The Morgan fingerprint density at radius 2 is 1.36 bits per heavy atom. The first-order valence-corrected chi connectivity index (χ1v) is 15.4. The third kappa shape index (κ3) is 4.67. The highest BCUT2D eigenvalue weighted by atomic mass is 35.5. The van der Waals surface area contributed by atoms with Crippen molar-refractivity contribution in [3.8, 4) is 11.3 Å². The van der Waals surface area contributed by atoms with Gasteiger partial charge in [-0.15, -0.1) is 0 Å². The third-order valence-corrected chi connectivity index (χ3v) is 9.27. The molecule has 0 aliphatic rings. The third-order valence-electron chi connectivity index (χ3n) is 8.86. The molecule has 0 fully saturated rings. The molecule has 0 aliphatic heterocycles. The van der Waals surface area contributed by atoms with Gasteiger partial charge in [0.15, 0.2) is 12.2 Å². The number of hydrogen-bond acceptors (Lipinski definition) is 4. The topological polar surface area (TPSA) is 64.1 Å². The van der Waals surface area contributed by atoms with Crippen molar-refractivity contribution in [2.45, 2.75) is 25.0 Å². The number of benzene rings is 5. The predicted molar refractivity (Wildman–Crippen MR) is 179 cm³/mol. The molecule has 2 heterocycles. The number of hydrogen-bond donors (Lipinski definition) is 1. The van der Waals surface area contributed by atoms with E-state index in [1.807, 2.05) is 74.9 Å². The molecule has 5 aromatic carbocycles. The number of oxazole rings is 1. The molecule has 222 valence electrons. The van der Waals surface area contributed by atoms with Crippen LogP contribution < -0.4 is 0 Å². The zero-order valence-corrected chi connectivity index (χ0v) is 25.8. The van der Waals surface area contributed by atoms with Crippen molar-refractivity contribution in [3.05, 3.63) is 179 Å². The van der Waals surface area contributed by atoms with Crippen molar-refractivity contribution < 1.29 is 9.52 Å². The summed E-state index contributed by atoms with van der Waals surface area (Å²) < 4.78 is 7.63. The van der Waals surface area contributed by atoms with Crippen molar-refractivity contribution in [1.29, 1.82) is 0 Å². The molecule has 0 radical (unpaired) electrons. The summed E-state index contributed by atoms with van der Waals surface area (Å²) in [5.74, 6) is 0.413. The Balaban J connectivity index is 1.41. The molecular weight excluding hydrogens is 578 g/mol. The molecule has 0 bridgehead atoms. The summed E-state index contributed by atoms with van der Waals surface area (Å²) in [6.07, 6.45) is 6.88. The molecule has 5 nitrogen and oxygen atoms in total. The standard InChI is InChI=1S/C39H32ClN3O2/c1-27(2)39(44,32-19-21-33-28(22-32)18-20-34(37(33)40)35-23-41-26-45-35)36-24-43(25-42-36)38(29-12-6-3-7-13-29,30-14-8-4-9-15-30)31-16-10-5-11-17-31/h3-27,44H,1-2H3. The van der Waals surface area contributed by atoms with Gasteiger partial charge >= 0.3 is 0 Å². The van der Waals surface area contributed by atoms with Gasteiger partial charge in [-0.3, -0.25) is 0 Å². The van der Waals surface area contributed by atoms with Crippen LogP contribution in [0.15, 0.2) is 151 Å².